The topological polar surface area (TPSA) is 136 Å². The number of carbonyl (C=O) groups excluding carboxylic acids is 1. The number of likely N-dealkylation sites (N-methyl/N-ethyl adjacent to an activating group) is 1. The molecule has 10 nitrogen and oxygen atoms in total. The van der Waals surface area contributed by atoms with E-state index in [1.165, 1.54) is 6.07 Å². The van der Waals surface area contributed by atoms with Gasteiger partial charge in [0.1, 0.15) is 10.3 Å². The van der Waals surface area contributed by atoms with Crippen LogP contribution in [-0.2, 0) is 16.6 Å². The Balaban J connectivity index is 1.66. The SMILES string of the molecule is C[C@H](CO)N1C[C@H](C)[C@H](CN(C)Cc2ccc(C(=O)O)cc2)Oc2c(NS(=O)(=O)c3cccs3)cccc2C1=O. The summed E-state index contributed by atoms with van der Waals surface area (Å²) >= 11 is 1.08. The average molecular weight is 588 g/mol. The Hall–Kier alpha value is -3.45. The smallest absolute Gasteiger partial charge is 0.335 e. The van der Waals surface area contributed by atoms with Crippen LogP contribution in [0.2, 0.25) is 0 Å². The molecular formula is C28H33N3O7S2. The summed E-state index contributed by atoms with van der Waals surface area (Å²) < 4.78 is 35.3. The minimum Gasteiger partial charge on any atom is -0.486 e. The fraction of sp³-hybridized carbons (Fsp3) is 0.357. The van der Waals surface area contributed by atoms with Crippen LogP contribution < -0.4 is 9.46 Å². The zero-order chi connectivity index (χ0) is 29.0. The first-order valence-corrected chi connectivity index (χ1v) is 15.1. The Bertz CT molecular complexity index is 1440. The number of nitrogens with one attached hydrogen (secondary N) is 1. The Morgan fingerprint density at radius 2 is 1.93 bits per heavy atom. The Kier molecular flexibility index (Phi) is 9.14. The van der Waals surface area contributed by atoms with E-state index in [9.17, 15) is 23.1 Å². The lowest BCUT2D eigenvalue weighted by Gasteiger charge is -2.38. The molecule has 0 saturated carbocycles. The molecule has 1 aromatic heterocycles. The molecule has 2 heterocycles. The number of amides is 1. The molecule has 0 aliphatic carbocycles. The van der Waals surface area contributed by atoms with E-state index in [2.05, 4.69) is 4.72 Å². The van der Waals surface area contributed by atoms with Crippen LogP contribution in [0, 0.1) is 5.92 Å². The molecule has 2 aromatic carbocycles. The molecule has 0 spiro atoms. The van der Waals surface area contributed by atoms with Gasteiger partial charge >= 0.3 is 5.97 Å². The molecule has 1 aliphatic rings. The number of hydrogen-bond donors (Lipinski definition) is 3. The van der Waals surface area contributed by atoms with E-state index < -0.39 is 28.1 Å². The molecule has 3 atom stereocenters. The lowest BCUT2D eigenvalue weighted by atomic mass is 9.99. The highest BCUT2D eigenvalue weighted by molar-refractivity contribution is 7.94. The summed E-state index contributed by atoms with van der Waals surface area (Å²) in [7, 11) is -2.00. The fourth-order valence-electron chi connectivity index (χ4n) is 4.59. The van der Waals surface area contributed by atoms with Gasteiger partial charge in [0.15, 0.2) is 5.75 Å². The maximum Gasteiger partial charge on any atom is 0.335 e. The second kappa shape index (κ2) is 12.4. The maximum absolute atomic E-state index is 13.6. The third-order valence-corrected chi connectivity index (χ3v) is 9.60. The number of benzene rings is 2. The molecular weight excluding hydrogens is 554 g/mol. The van der Waals surface area contributed by atoms with E-state index in [4.69, 9.17) is 9.84 Å². The normalized spacial score (nSPS) is 18.4. The zero-order valence-electron chi connectivity index (χ0n) is 22.5. The Morgan fingerprint density at radius 3 is 2.55 bits per heavy atom. The summed E-state index contributed by atoms with van der Waals surface area (Å²) in [6.07, 6.45) is -0.448. The van der Waals surface area contributed by atoms with Crippen LogP contribution in [0.15, 0.2) is 64.2 Å². The molecule has 0 fully saturated rings. The van der Waals surface area contributed by atoms with Crippen molar-refractivity contribution >= 4 is 38.9 Å². The van der Waals surface area contributed by atoms with Gasteiger partial charge < -0.3 is 19.8 Å². The first kappa shape index (κ1) is 29.5. The number of hydrogen-bond acceptors (Lipinski definition) is 8. The number of para-hydroxylation sites is 1. The standard InChI is InChI=1S/C28H33N3O7S2/c1-18-14-31(19(2)17-32)27(33)22-6-4-7-23(29-40(36,37)25-8-5-13-39-25)26(22)38-24(18)16-30(3)15-20-9-11-21(12-10-20)28(34)35/h4-13,18-19,24,29,32H,14-17H2,1-3H3,(H,34,35)/t18-,19+,24-/m0/s1. The fourth-order valence-corrected chi connectivity index (χ4v) is 6.64. The van der Waals surface area contributed by atoms with Crippen LogP contribution in [0.25, 0.3) is 0 Å². The van der Waals surface area contributed by atoms with Crippen LogP contribution >= 0.6 is 11.3 Å². The Morgan fingerprint density at radius 1 is 1.20 bits per heavy atom. The summed E-state index contributed by atoms with van der Waals surface area (Å²) in [5.74, 6) is -1.38. The van der Waals surface area contributed by atoms with Crippen molar-refractivity contribution in [1.82, 2.24) is 9.80 Å². The summed E-state index contributed by atoms with van der Waals surface area (Å²) in [5, 5.41) is 20.7. The number of thiophene rings is 1. The number of sulfonamides is 1. The molecule has 0 bridgehead atoms. The predicted molar refractivity (Wildman–Crippen MR) is 152 cm³/mol. The van der Waals surface area contributed by atoms with Gasteiger partial charge in [-0.05, 0) is 55.2 Å². The number of anilines is 1. The molecule has 1 aliphatic heterocycles. The highest BCUT2D eigenvalue weighted by Gasteiger charge is 2.35. The number of carbonyl (C=O) groups is 2. The first-order chi connectivity index (χ1) is 19.0. The second-order valence-corrected chi connectivity index (χ2v) is 12.9. The summed E-state index contributed by atoms with van der Waals surface area (Å²) in [4.78, 5) is 28.4. The highest BCUT2D eigenvalue weighted by Crippen LogP contribution is 2.36. The van der Waals surface area contributed by atoms with E-state index in [1.807, 2.05) is 18.9 Å². The van der Waals surface area contributed by atoms with Crippen molar-refractivity contribution in [3.63, 3.8) is 0 Å². The van der Waals surface area contributed by atoms with Gasteiger partial charge in [-0.15, -0.1) is 11.3 Å². The number of ether oxygens (including phenoxy) is 1. The Labute approximate surface area is 237 Å². The number of carboxylic acid groups (broad SMARTS) is 1. The third kappa shape index (κ3) is 6.64. The van der Waals surface area contributed by atoms with Crippen molar-refractivity contribution < 1.29 is 33.0 Å². The van der Waals surface area contributed by atoms with Gasteiger partial charge in [-0.25, -0.2) is 13.2 Å². The van der Waals surface area contributed by atoms with Crippen molar-refractivity contribution in [3.05, 3.63) is 76.7 Å². The van der Waals surface area contributed by atoms with Crippen LogP contribution in [0.4, 0.5) is 5.69 Å². The van der Waals surface area contributed by atoms with Crippen molar-refractivity contribution in [2.24, 2.45) is 5.92 Å². The summed E-state index contributed by atoms with van der Waals surface area (Å²) in [5.41, 5.74) is 1.49. The second-order valence-electron chi connectivity index (χ2n) is 10.0. The molecule has 12 heteroatoms. The van der Waals surface area contributed by atoms with Gasteiger partial charge in [0.25, 0.3) is 15.9 Å². The van der Waals surface area contributed by atoms with Crippen LogP contribution in [0.3, 0.4) is 0 Å². The number of aliphatic hydroxyl groups excluding tert-OH is 1. The third-order valence-electron chi connectivity index (χ3n) is 6.84. The largest absolute Gasteiger partial charge is 0.486 e. The van der Waals surface area contributed by atoms with Crippen LogP contribution in [-0.4, -0.2) is 79.2 Å². The number of aliphatic hydroxyl groups is 1. The molecule has 0 saturated heterocycles. The molecule has 3 N–H and O–H groups in total. The van der Waals surface area contributed by atoms with Crippen molar-refractivity contribution in [3.8, 4) is 5.75 Å². The highest BCUT2D eigenvalue weighted by atomic mass is 32.2. The average Bonchev–Trinajstić information content (AvgIpc) is 3.47. The minimum atomic E-state index is -3.91. The zero-order valence-corrected chi connectivity index (χ0v) is 24.1. The van der Waals surface area contributed by atoms with Crippen LogP contribution in [0.5, 0.6) is 5.75 Å². The van der Waals surface area contributed by atoms with Gasteiger partial charge in [0.2, 0.25) is 0 Å². The van der Waals surface area contributed by atoms with Gasteiger partial charge in [0.05, 0.1) is 29.5 Å². The number of carboxylic acids is 1. The summed E-state index contributed by atoms with van der Waals surface area (Å²) in [6, 6.07) is 14.1. The van der Waals surface area contributed by atoms with Gasteiger partial charge in [-0.3, -0.25) is 14.4 Å². The predicted octanol–water partition coefficient (Wildman–Crippen LogP) is 3.60. The van der Waals surface area contributed by atoms with Crippen LogP contribution in [0.1, 0.15) is 40.1 Å². The number of fused-ring (bicyclic) bond motifs is 1. The van der Waals surface area contributed by atoms with E-state index >= 15 is 0 Å². The van der Waals surface area contributed by atoms with Crippen molar-refractivity contribution in [2.75, 3.05) is 31.5 Å². The molecule has 40 heavy (non-hydrogen) atoms. The van der Waals surface area contributed by atoms with E-state index in [0.717, 1.165) is 16.9 Å². The van der Waals surface area contributed by atoms with E-state index in [1.54, 1.807) is 65.7 Å². The van der Waals surface area contributed by atoms with Gasteiger partial charge in [0, 0.05) is 25.6 Å². The molecule has 3 aromatic rings. The first-order valence-electron chi connectivity index (χ1n) is 12.8. The maximum atomic E-state index is 13.6. The molecule has 0 radical (unpaired) electrons. The summed E-state index contributed by atoms with van der Waals surface area (Å²) in [6.45, 7) is 4.77. The quantitative estimate of drug-likeness (QED) is 0.327. The molecule has 0 unspecified atom stereocenters. The number of aromatic carboxylic acids is 1. The van der Waals surface area contributed by atoms with Crippen molar-refractivity contribution in [2.45, 2.75) is 36.7 Å². The van der Waals surface area contributed by atoms with Gasteiger partial charge in [-0.2, -0.15) is 0 Å². The van der Waals surface area contributed by atoms with E-state index in [-0.39, 0.29) is 45.2 Å². The molecule has 4 rings (SSSR count). The number of rotatable bonds is 10. The van der Waals surface area contributed by atoms with E-state index in [0.29, 0.717) is 19.6 Å². The lowest BCUT2D eigenvalue weighted by Crippen LogP contribution is -2.49. The lowest BCUT2D eigenvalue weighted by molar-refractivity contribution is 0.0344. The molecule has 1 amide bonds. The molecule has 214 valence electrons. The van der Waals surface area contributed by atoms with Crippen molar-refractivity contribution in [1.29, 1.82) is 0 Å². The monoisotopic (exact) mass is 587 g/mol. The number of nitrogens with zero attached hydrogens (tertiary/aromatic N) is 2. The van der Waals surface area contributed by atoms with Gasteiger partial charge in [-0.1, -0.05) is 31.2 Å². The minimum absolute atomic E-state index is 0.136.